The highest BCUT2D eigenvalue weighted by atomic mass is 19.2. The highest BCUT2D eigenvalue weighted by Gasteiger charge is 2.12. The molecule has 0 atom stereocenters. The highest BCUT2D eigenvalue weighted by Crippen LogP contribution is 2.26. The fourth-order valence-electron chi connectivity index (χ4n) is 1.99. The summed E-state index contributed by atoms with van der Waals surface area (Å²) >= 11 is 0. The fourth-order valence-corrected chi connectivity index (χ4v) is 1.99. The minimum atomic E-state index is -0.777. The molecule has 2 aromatic rings. The Morgan fingerprint density at radius 2 is 1.84 bits per heavy atom. The van der Waals surface area contributed by atoms with E-state index in [2.05, 4.69) is 5.32 Å². The van der Waals surface area contributed by atoms with Crippen molar-refractivity contribution in [1.82, 2.24) is 5.32 Å². The van der Waals surface area contributed by atoms with Crippen LogP contribution in [0.2, 0.25) is 0 Å². The molecule has 100 valence electrons. The highest BCUT2D eigenvalue weighted by molar-refractivity contribution is 5.65. The van der Waals surface area contributed by atoms with Gasteiger partial charge in [0.1, 0.15) is 0 Å². The van der Waals surface area contributed by atoms with Crippen molar-refractivity contribution in [3.63, 3.8) is 0 Å². The molecule has 0 saturated carbocycles. The van der Waals surface area contributed by atoms with Crippen molar-refractivity contribution < 1.29 is 8.78 Å². The molecule has 19 heavy (non-hydrogen) atoms. The molecule has 0 aliphatic rings. The van der Waals surface area contributed by atoms with Crippen molar-refractivity contribution in [3.8, 4) is 11.1 Å². The Kier molecular flexibility index (Phi) is 4.27. The lowest BCUT2D eigenvalue weighted by Gasteiger charge is -2.08. The average molecular weight is 261 g/mol. The van der Waals surface area contributed by atoms with Gasteiger partial charge in [-0.15, -0.1) is 0 Å². The molecule has 0 fully saturated rings. The molecule has 3 heteroatoms. The zero-order valence-electron chi connectivity index (χ0n) is 11.1. The number of hydrogen-bond acceptors (Lipinski definition) is 1. The van der Waals surface area contributed by atoms with E-state index in [-0.39, 0.29) is 0 Å². The normalized spacial score (nSPS) is 10.7. The molecule has 0 saturated heterocycles. The molecule has 0 unspecified atom stereocenters. The predicted octanol–water partition coefficient (Wildman–Crippen LogP) is 4.05. The lowest BCUT2D eigenvalue weighted by Crippen LogP contribution is -2.11. The van der Waals surface area contributed by atoms with Gasteiger partial charge in [0.2, 0.25) is 0 Å². The zero-order valence-corrected chi connectivity index (χ0v) is 11.1. The van der Waals surface area contributed by atoms with E-state index >= 15 is 0 Å². The van der Waals surface area contributed by atoms with E-state index in [0.717, 1.165) is 18.7 Å². The van der Waals surface area contributed by atoms with Crippen LogP contribution in [0.25, 0.3) is 11.1 Å². The first kappa shape index (κ1) is 13.7. The van der Waals surface area contributed by atoms with Gasteiger partial charge in [-0.05, 0) is 36.2 Å². The second-order valence-electron chi connectivity index (χ2n) is 4.54. The maximum Gasteiger partial charge on any atom is 0.166 e. The van der Waals surface area contributed by atoms with Crippen LogP contribution in [0.15, 0.2) is 36.4 Å². The summed E-state index contributed by atoms with van der Waals surface area (Å²) in [6, 6.07) is 10.7. The number of rotatable bonds is 4. The van der Waals surface area contributed by atoms with Crippen molar-refractivity contribution in [2.45, 2.75) is 20.4 Å². The predicted molar refractivity (Wildman–Crippen MR) is 73.9 cm³/mol. The second-order valence-corrected chi connectivity index (χ2v) is 4.54. The average Bonchev–Trinajstić information content (AvgIpc) is 2.43. The van der Waals surface area contributed by atoms with E-state index < -0.39 is 11.6 Å². The molecule has 0 radical (unpaired) electrons. The Morgan fingerprint density at radius 3 is 2.58 bits per heavy atom. The van der Waals surface area contributed by atoms with Crippen molar-refractivity contribution in [1.29, 1.82) is 0 Å². The van der Waals surface area contributed by atoms with E-state index in [0.29, 0.717) is 16.7 Å². The number of nitrogens with one attached hydrogen (secondary N) is 1. The number of aryl methyl sites for hydroxylation is 1. The van der Waals surface area contributed by atoms with Gasteiger partial charge in [-0.3, -0.25) is 0 Å². The summed E-state index contributed by atoms with van der Waals surface area (Å²) in [6.45, 7) is 5.18. The Balaban J connectivity index is 2.39. The molecule has 2 rings (SSSR count). The molecule has 0 spiro atoms. The van der Waals surface area contributed by atoms with Crippen molar-refractivity contribution in [3.05, 3.63) is 59.2 Å². The Morgan fingerprint density at radius 1 is 1.05 bits per heavy atom. The molecule has 0 amide bonds. The van der Waals surface area contributed by atoms with Gasteiger partial charge >= 0.3 is 0 Å². The third-order valence-corrected chi connectivity index (χ3v) is 3.09. The molecule has 0 aliphatic carbocycles. The third kappa shape index (κ3) is 2.99. The summed E-state index contributed by atoms with van der Waals surface area (Å²) in [5.41, 5.74) is 2.39. The standard InChI is InChI=1S/C16H17F2N/c1-3-19-10-12-5-4-6-13(9-12)14-8-7-11(2)15(17)16(14)18/h4-9,19H,3,10H2,1-2H3. The lowest BCUT2D eigenvalue weighted by atomic mass is 10.0. The van der Waals surface area contributed by atoms with Gasteiger partial charge in [0.05, 0.1) is 0 Å². The van der Waals surface area contributed by atoms with Crippen molar-refractivity contribution in [2.24, 2.45) is 0 Å². The zero-order chi connectivity index (χ0) is 13.8. The second kappa shape index (κ2) is 5.93. The van der Waals surface area contributed by atoms with Crippen LogP contribution in [0.3, 0.4) is 0 Å². The van der Waals surface area contributed by atoms with Crippen LogP contribution >= 0.6 is 0 Å². The number of hydrogen-bond donors (Lipinski definition) is 1. The maximum atomic E-state index is 13.9. The van der Waals surface area contributed by atoms with E-state index in [1.165, 1.54) is 0 Å². The third-order valence-electron chi connectivity index (χ3n) is 3.09. The summed E-state index contributed by atoms with van der Waals surface area (Å²) in [6.07, 6.45) is 0. The molecule has 0 aliphatic heterocycles. The lowest BCUT2D eigenvalue weighted by molar-refractivity contribution is 0.505. The molecule has 0 aromatic heterocycles. The van der Waals surface area contributed by atoms with E-state index in [1.807, 2.05) is 25.1 Å². The molecular weight excluding hydrogens is 244 g/mol. The van der Waals surface area contributed by atoms with Gasteiger partial charge in [0.25, 0.3) is 0 Å². The molecular formula is C16H17F2N. The summed E-state index contributed by atoms with van der Waals surface area (Å²) < 4.78 is 27.5. The van der Waals surface area contributed by atoms with E-state index in [4.69, 9.17) is 0 Å². The molecule has 1 nitrogen and oxygen atoms in total. The molecule has 1 N–H and O–H groups in total. The first-order valence-electron chi connectivity index (χ1n) is 6.38. The summed E-state index contributed by atoms with van der Waals surface area (Å²) in [5.74, 6) is -1.55. The van der Waals surface area contributed by atoms with Crippen molar-refractivity contribution in [2.75, 3.05) is 6.54 Å². The maximum absolute atomic E-state index is 13.9. The SMILES string of the molecule is CCNCc1cccc(-c2ccc(C)c(F)c2F)c1. The fraction of sp³-hybridized carbons (Fsp3) is 0.250. The minimum Gasteiger partial charge on any atom is -0.313 e. The Bertz CT molecular complexity index is 579. The molecule has 2 aromatic carbocycles. The van der Waals surface area contributed by atoms with Gasteiger partial charge in [-0.1, -0.05) is 37.3 Å². The topological polar surface area (TPSA) is 12.0 Å². The van der Waals surface area contributed by atoms with E-state index in [9.17, 15) is 8.78 Å². The Hall–Kier alpha value is -1.74. The smallest absolute Gasteiger partial charge is 0.166 e. The quantitative estimate of drug-likeness (QED) is 0.875. The van der Waals surface area contributed by atoms with Gasteiger partial charge in [0, 0.05) is 12.1 Å². The van der Waals surface area contributed by atoms with Crippen LogP contribution in [0.1, 0.15) is 18.1 Å². The molecule has 0 heterocycles. The van der Waals surface area contributed by atoms with Gasteiger partial charge in [-0.25, -0.2) is 8.78 Å². The van der Waals surface area contributed by atoms with Crippen LogP contribution < -0.4 is 5.32 Å². The molecule has 0 bridgehead atoms. The first-order chi connectivity index (χ1) is 9.13. The summed E-state index contributed by atoms with van der Waals surface area (Å²) in [5, 5.41) is 3.21. The van der Waals surface area contributed by atoms with Crippen LogP contribution in [-0.2, 0) is 6.54 Å². The largest absolute Gasteiger partial charge is 0.313 e. The van der Waals surface area contributed by atoms with Gasteiger partial charge in [0.15, 0.2) is 11.6 Å². The number of halogens is 2. The number of benzene rings is 2. The van der Waals surface area contributed by atoms with Crippen LogP contribution in [0.4, 0.5) is 8.78 Å². The van der Waals surface area contributed by atoms with Gasteiger partial charge < -0.3 is 5.32 Å². The summed E-state index contributed by atoms with van der Waals surface area (Å²) in [4.78, 5) is 0. The van der Waals surface area contributed by atoms with Gasteiger partial charge in [-0.2, -0.15) is 0 Å². The van der Waals surface area contributed by atoms with Crippen LogP contribution in [0.5, 0.6) is 0 Å². The van der Waals surface area contributed by atoms with E-state index in [1.54, 1.807) is 25.1 Å². The van der Waals surface area contributed by atoms with Crippen molar-refractivity contribution >= 4 is 0 Å². The van der Waals surface area contributed by atoms with Crippen LogP contribution in [-0.4, -0.2) is 6.54 Å². The monoisotopic (exact) mass is 261 g/mol. The summed E-state index contributed by atoms with van der Waals surface area (Å²) in [7, 11) is 0. The van der Waals surface area contributed by atoms with Crippen LogP contribution in [0, 0.1) is 18.6 Å². The minimum absolute atomic E-state index is 0.307. The first-order valence-corrected chi connectivity index (χ1v) is 6.38. The Labute approximate surface area is 112 Å².